The van der Waals surface area contributed by atoms with Crippen molar-refractivity contribution in [1.82, 2.24) is 5.32 Å². The molecule has 0 amide bonds. The minimum absolute atomic E-state index is 0. The van der Waals surface area contributed by atoms with Crippen molar-refractivity contribution in [3.05, 3.63) is 77.9 Å². The number of benzene rings is 3. The third kappa shape index (κ3) is 3.87. The summed E-state index contributed by atoms with van der Waals surface area (Å²) in [6.45, 7) is 1.72. The van der Waals surface area contributed by atoms with Gasteiger partial charge >= 0.3 is 0 Å². The smallest absolute Gasteiger partial charge is 0.118 e. The maximum absolute atomic E-state index is 5.17. The third-order valence-corrected chi connectivity index (χ3v) is 3.68. The van der Waals surface area contributed by atoms with E-state index in [2.05, 4.69) is 59.9 Å². The highest BCUT2D eigenvalue weighted by atomic mass is 79.9. The number of fused-ring (bicyclic) bond motifs is 1. The molecule has 0 aliphatic carbocycles. The van der Waals surface area contributed by atoms with Crippen LogP contribution in [0.2, 0.25) is 0 Å². The van der Waals surface area contributed by atoms with E-state index < -0.39 is 0 Å². The van der Waals surface area contributed by atoms with Crippen LogP contribution in [0.5, 0.6) is 5.75 Å². The van der Waals surface area contributed by atoms with Crippen LogP contribution < -0.4 is 10.1 Å². The van der Waals surface area contributed by atoms with Gasteiger partial charge in [-0.1, -0.05) is 54.6 Å². The van der Waals surface area contributed by atoms with E-state index in [1.807, 2.05) is 12.1 Å². The van der Waals surface area contributed by atoms with Crippen LogP contribution in [0.25, 0.3) is 10.8 Å². The van der Waals surface area contributed by atoms with Gasteiger partial charge in [0.1, 0.15) is 5.75 Å². The van der Waals surface area contributed by atoms with Crippen molar-refractivity contribution < 1.29 is 4.74 Å². The predicted octanol–water partition coefficient (Wildman–Crippen LogP) is 4.72. The van der Waals surface area contributed by atoms with Crippen LogP contribution in [-0.2, 0) is 13.1 Å². The molecule has 3 aromatic rings. The zero-order valence-corrected chi connectivity index (χ0v) is 14.3. The first-order valence-corrected chi connectivity index (χ1v) is 7.17. The Kier molecular flexibility index (Phi) is 5.99. The summed E-state index contributed by atoms with van der Waals surface area (Å²) >= 11 is 0. The Morgan fingerprint density at radius 1 is 0.818 bits per heavy atom. The Morgan fingerprint density at radius 2 is 1.55 bits per heavy atom. The van der Waals surface area contributed by atoms with E-state index in [0.29, 0.717) is 0 Å². The number of nitrogens with one attached hydrogen (secondary N) is 1. The normalized spacial score (nSPS) is 10.2. The van der Waals surface area contributed by atoms with Gasteiger partial charge in [-0.3, -0.25) is 0 Å². The van der Waals surface area contributed by atoms with Crippen molar-refractivity contribution in [3.8, 4) is 5.75 Å². The molecule has 0 aliphatic rings. The average Bonchev–Trinajstić information content (AvgIpc) is 2.56. The maximum atomic E-state index is 5.17. The summed E-state index contributed by atoms with van der Waals surface area (Å²) in [7, 11) is 1.69. The molecule has 0 saturated heterocycles. The van der Waals surface area contributed by atoms with Crippen LogP contribution in [0.1, 0.15) is 11.1 Å². The van der Waals surface area contributed by atoms with Crippen molar-refractivity contribution >= 4 is 27.8 Å². The monoisotopic (exact) mass is 357 g/mol. The van der Waals surface area contributed by atoms with E-state index in [9.17, 15) is 0 Å². The number of halogens is 1. The molecule has 2 nitrogen and oxygen atoms in total. The molecule has 114 valence electrons. The molecular formula is C19H20BrNO. The zero-order valence-electron chi connectivity index (χ0n) is 12.6. The molecule has 3 rings (SSSR count). The predicted molar refractivity (Wildman–Crippen MR) is 97.8 cm³/mol. The maximum Gasteiger partial charge on any atom is 0.118 e. The number of hydrogen-bond acceptors (Lipinski definition) is 2. The number of rotatable bonds is 5. The lowest BCUT2D eigenvalue weighted by Crippen LogP contribution is -2.12. The van der Waals surface area contributed by atoms with Crippen LogP contribution in [-0.4, -0.2) is 7.11 Å². The summed E-state index contributed by atoms with van der Waals surface area (Å²) in [5.41, 5.74) is 2.60. The van der Waals surface area contributed by atoms with Gasteiger partial charge in [0.25, 0.3) is 0 Å². The van der Waals surface area contributed by atoms with E-state index in [1.165, 1.54) is 21.9 Å². The van der Waals surface area contributed by atoms with Crippen molar-refractivity contribution in [2.45, 2.75) is 13.1 Å². The second-order valence-electron chi connectivity index (χ2n) is 5.09. The first-order valence-electron chi connectivity index (χ1n) is 7.17. The Morgan fingerprint density at radius 3 is 2.32 bits per heavy atom. The van der Waals surface area contributed by atoms with Gasteiger partial charge in [0.05, 0.1) is 7.11 Å². The topological polar surface area (TPSA) is 21.3 Å². The third-order valence-electron chi connectivity index (χ3n) is 3.68. The minimum Gasteiger partial charge on any atom is -0.497 e. The molecule has 0 unspecified atom stereocenters. The van der Waals surface area contributed by atoms with Gasteiger partial charge in [-0.25, -0.2) is 0 Å². The molecule has 3 heteroatoms. The molecule has 0 atom stereocenters. The van der Waals surface area contributed by atoms with Crippen molar-refractivity contribution in [1.29, 1.82) is 0 Å². The van der Waals surface area contributed by atoms with Gasteiger partial charge in [0, 0.05) is 13.1 Å². The Bertz CT molecular complexity index is 720. The summed E-state index contributed by atoms with van der Waals surface area (Å²) in [5, 5.41) is 6.12. The van der Waals surface area contributed by atoms with E-state index in [1.54, 1.807) is 7.11 Å². The summed E-state index contributed by atoms with van der Waals surface area (Å²) < 4.78 is 5.17. The molecule has 0 aromatic heterocycles. The van der Waals surface area contributed by atoms with E-state index in [0.717, 1.165) is 18.8 Å². The zero-order chi connectivity index (χ0) is 14.5. The first kappa shape index (κ1) is 16.5. The number of methoxy groups -OCH3 is 1. The fraction of sp³-hybridized carbons (Fsp3) is 0.158. The summed E-state index contributed by atoms with van der Waals surface area (Å²) in [6, 6.07) is 23.1. The van der Waals surface area contributed by atoms with Gasteiger partial charge < -0.3 is 10.1 Å². The highest BCUT2D eigenvalue weighted by Crippen LogP contribution is 2.18. The van der Waals surface area contributed by atoms with E-state index in [-0.39, 0.29) is 17.0 Å². The largest absolute Gasteiger partial charge is 0.497 e. The molecular weight excluding hydrogens is 338 g/mol. The molecule has 0 bridgehead atoms. The van der Waals surface area contributed by atoms with Crippen LogP contribution in [0, 0.1) is 0 Å². The standard InChI is InChI=1S/C19H19NO.BrH/c1-21-18-11-9-15(10-12-18)13-20-14-17-7-4-6-16-5-2-3-8-19(16)17;/h2-12,20H,13-14H2,1H3;1H. The second kappa shape index (κ2) is 7.97. The van der Waals surface area contributed by atoms with Crippen LogP contribution in [0.3, 0.4) is 0 Å². The lowest BCUT2D eigenvalue weighted by Gasteiger charge is -2.09. The van der Waals surface area contributed by atoms with Gasteiger partial charge in [-0.15, -0.1) is 17.0 Å². The molecule has 0 aliphatic heterocycles. The van der Waals surface area contributed by atoms with Gasteiger partial charge in [0.15, 0.2) is 0 Å². The molecule has 22 heavy (non-hydrogen) atoms. The SMILES string of the molecule is Br.COc1ccc(CNCc2cccc3ccccc23)cc1. The van der Waals surface area contributed by atoms with Crippen LogP contribution >= 0.6 is 17.0 Å². The Hall–Kier alpha value is -1.84. The Balaban J connectivity index is 0.00000176. The first-order chi connectivity index (χ1) is 10.4. The summed E-state index contributed by atoms with van der Waals surface area (Å²) in [5.74, 6) is 0.896. The van der Waals surface area contributed by atoms with Gasteiger partial charge in [-0.05, 0) is 34.0 Å². The molecule has 0 fully saturated rings. The van der Waals surface area contributed by atoms with Crippen molar-refractivity contribution in [2.75, 3.05) is 7.11 Å². The second-order valence-corrected chi connectivity index (χ2v) is 5.09. The molecule has 3 aromatic carbocycles. The molecule has 0 radical (unpaired) electrons. The highest BCUT2D eigenvalue weighted by Gasteiger charge is 2.00. The van der Waals surface area contributed by atoms with Crippen LogP contribution in [0.15, 0.2) is 66.7 Å². The minimum atomic E-state index is 0. The van der Waals surface area contributed by atoms with E-state index >= 15 is 0 Å². The van der Waals surface area contributed by atoms with Gasteiger partial charge in [-0.2, -0.15) is 0 Å². The molecule has 0 heterocycles. The molecule has 0 spiro atoms. The average molecular weight is 358 g/mol. The molecule has 0 saturated carbocycles. The van der Waals surface area contributed by atoms with E-state index in [4.69, 9.17) is 4.74 Å². The quantitative estimate of drug-likeness (QED) is 0.713. The highest BCUT2D eigenvalue weighted by molar-refractivity contribution is 8.93. The lowest BCUT2D eigenvalue weighted by molar-refractivity contribution is 0.414. The summed E-state index contributed by atoms with van der Waals surface area (Å²) in [4.78, 5) is 0. The van der Waals surface area contributed by atoms with Crippen molar-refractivity contribution in [3.63, 3.8) is 0 Å². The van der Waals surface area contributed by atoms with Crippen molar-refractivity contribution in [2.24, 2.45) is 0 Å². The van der Waals surface area contributed by atoms with Gasteiger partial charge in [0.2, 0.25) is 0 Å². The summed E-state index contributed by atoms with van der Waals surface area (Å²) in [6.07, 6.45) is 0. The molecule has 1 N–H and O–H groups in total. The van der Waals surface area contributed by atoms with Crippen LogP contribution in [0.4, 0.5) is 0 Å². The number of ether oxygens (including phenoxy) is 1. The fourth-order valence-electron chi connectivity index (χ4n) is 2.53. The fourth-order valence-corrected chi connectivity index (χ4v) is 2.53. The lowest BCUT2D eigenvalue weighted by atomic mass is 10.0. The number of hydrogen-bond donors (Lipinski definition) is 1. The Labute approximate surface area is 141 Å².